The van der Waals surface area contributed by atoms with Crippen molar-refractivity contribution < 1.29 is 0 Å². The van der Waals surface area contributed by atoms with Crippen LogP contribution in [0, 0.1) is 0 Å². The lowest BCUT2D eigenvalue weighted by atomic mass is 10.1. The third-order valence-corrected chi connectivity index (χ3v) is 4.92. The van der Waals surface area contributed by atoms with Crippen molar-refractivity contribution in [3.63, 3.8) is 0 Å². The van der Waals surface area contributed by atoms with E-state index in [-0.39, 0.29) is 0 Å². The van der Waals surface area contributed by atoms with E-state index >= 15 is 0 Å². The lowest BCUT2D eigenvalue weighted by Gasteiger charge is -2.24. The van der Waals surface area contributed by atoms with Crippen LogP contribution in [-0.4, -0.2) is 27.4 Å². The Morgan fingerprint density at radius 2 is 2.24 bits per heavy atom. The van der Waals surface area contributed by atoms with E-state index in [2.05, 4.69) is 28.8 Å². The van der Waals surface area contributed by atoms with Crippen LogP contribution in [0.25, 0.3) is 0 Å². The minimum atomic E-state index is 0.657. The average Bonchev–Trinajstić information content (AvgIpc) is 2.59. The Morgan fingerprint density at radius 3 is 2.94 bits per heavy atom. The molecule has 96 valence electrons. The molecule has 1 saturated carbocycles. The van der Waals surface area contributed by atoms with E-state index in [1.807, 2.05) is 24.2 Å². The standard InChI is InChI=1S/C13H23N3S/c1-3-14-11-7-5-4-6-8-12(11)17-13-15-9-10-16(13)2/h9-12,14H,3-8H2,1-2H3. The van der Waals surface area contributed by atoms with Crippen LogP contribution < -0.4 is 5.32 Å². The molecule has 4 heteroatoms. The fraction of sp³-hybridized carbons (Fsp3) is 0.769. The molecule has 0 saturated heterocycles. The second-order valence-corrected chi connectivity index (χ2v) is 5.99. The van der Waals surface area contributed by atoms with Gasteiger partial charge < -0.3 is 9.88 Å². The summed E-state index contributed by atoms with van der Waals surface area (Å²) in [6.07, 6.45) is 10.7. The van der Waals surface area contributed by atoms with Crippen LogP contribution in [0.15, 0.2) is 17.6 Å². The predicted molar refractivity (Wildman–Crippen MR) is 73.4 cm³/mol. The SMILES string of the molecule is CCNC1CCCCCC1Sc1nccn1C. The Kier molecular flexibility index (Phi) is 4.92. The van der Waals surface area contributed by atoms with Crippen LogP contribution in [0.1, 0.15) is 39.0 Å². The number of nitrogens with zero attached hydrogens (tertiary/aromatic N) is 2. The Balaban J connectivity index is 2.02. The van der Waals surface area contributed by atoms with Crippen LogP contribution >= 0.6 is 11.8 Å². The Labute approximate surface area is 108 Å². The van der Waals surface area contributed by atoms with Crippen LogP contribution in [0.4, 0.5) is 0 Å². The number of thioether (sulfide) groups is 1. The molecule has 1 N–H and O–H groups in total. The molecule has 1 aliphatic rings. The van der Waals surface area contributed by atoms with Crippen molar-refractivity contribution in [2.75, 3.05) is 6.54 Å². The predicted octanol–water partition coefficient (Wildman–Crippen LogP) is 2.82. The summed E-state index contributed by atoms with van der Waals surface area (Å²) in [6.45, 7) is 3.27. The Hall–Kier alpha value is -0.480. The van der Waals surface area contributed by atoms with Crippen molar-refractivity contribution in [2.24, 2.45) is 7.05 Å². The summed E-state index contributed by atoms with van der Waals surface area (Å²) in [5, 5.41) is 5.48. The number of hydrogen-bond donors (Lipinski definition) is 1. The molecule has 0 aromatic carbocycles. The number of nitrogens with one attached hydrogen (secondary N) is 1. The fourth-order valence-corrected chi connectivity index (χ4v) is 3.81. The Bertz CT molecular complexity index is 337. The van der Waals surface area contributed by atoms with E-state index in [0.717, 1.165) is 11.7 Å². The first-order chi connectivity index (χ1) is 8.31. The average molecular weight is 253 g/mol. The molecule has 1 aromatic rings. The Morgan fingerprint density at radius 1 is 1.41 bits per heavy atom. The second kappa shape index (κ2) is 6.45. The van der Waals surface area contributed by atoms with Gasteiger partial charge in [-0.05, 0) is 19.4 Å². The van der Waals surface area contributed by atoms with Gasteiger partial charge in [-0.25, -0.2) is 4.98 Å². The van der Waals surface area contributed by atoms with Gasteiger partial charge in [0.25, 0.3) is 0 Å². The van der Waals surface area contributed by atoms with Crippen molar-refractivity contribution in [3.8, 4) is 0 Å². The minimum Gasteiger partial charge on any atom is -0.329 e. The lowest BCUT2D eigenvalue weighted by molar-refractivity contribution is 0.481. The van der Waals surface area contributed by atoms with Crippen molar-refractivity contribution in [1.82, 2.24) is 14.9 Å². The first-order valence-electron chi connectivity index (χ1n) is 6.68. The summed E-state index contributed by atoms with van der Waals surface area (Å²) in [7, 11) is 2.08. The van der Waals surface area contributed by atoms with Crippen molar-refractivity contribution in [3.05, 3.63) is 12.4 Å². The summed E-state index contributed by atoms with van der Waals surface area (Å²) < 4.78 is 2.12. The molecule has 1 fully saturated rings. The van der Waals surface area contributed by atoms with E-state index in [1.54, 1.807) is 0 Å². The van der Waals surface area contributed by atoms with E-state index in [1.165, 1.54) is 32.1 Å². The number of imidazole rings is 1. The maximum Gasteiger partial charge on any atom is 0.167 e. The van der Waals surface area contributed by atoms with Crippen LogP contribution in [0.3, 0.4) is 0 Å². The zero-order valence-electron chi connectivity index (χ0n) is 10.9. The van der Waals surface area contributed by atoms with E-state index < -0.39 is 0 Å². The van der Waals surface area contributed by atoms with Crippen LogP contribution in [0.2, 0.25) is 0 Å². The molecule has 17 heavy (non-hydrogen) atoms. The molecule has 1 aromatic heterocycles. The number of aromatic nitrogens is 2. The maximum absolute atomic E-state index is 4.43. The molecule has 3 nitrogen and oxygen atoms in total. The summed E-state index contributed by atoms with van der Waals surface area (Å²) in [5.74, 6) is 0. The van der Waals surface area contributed by atoms with Gasteiger partial charge in [0.05, 0.1) is 0 Å². The lowest BCUT2D eigenvalue weighted by Crippen LogP contribution is -2.37. The highest BCUT2D eigenvalue weighted by molar-refractivity contribution is 7.99. The summed E-state index contributed by atoms with van der Waals surface area (Å²) >= 11 is 1.95. The molecule has 1 heterocycles. The van der Waals surface area contributed by atoms with Gasteiger partial charge in [-0.2, -0.15) is 0 Å². The summed E-state index contributed by atoms with van der Waals surface area (Å²) in [4.78, 5) is 4.43. The van der Waals surface area contributed by atoms with Crippen molar-refractivity contribution in [1.29, 1.82) is 0 Å². The highest BCUT2D eigenvalue weighted by Crippen LogP contribution is 2.31. The van der Waals surface area contributed by atoms with Crippen molar-refractivity contribution in [2.45, 2.75) is 55.5 Å². The normalized spacial score (nSPS) is 25.8. The first-order valence-corrected chi connectivity index (χ1v) is 7.56. The molecular weight excluding hydrogens is 230 g/mol. The molecular formula is C13H23N3S. The molecule has 2 unspecified atom stereocenters. The number of aryl methyl sites for hydroxylation is 1. The maximum atomic E-state index is 4.43. The zero-order chi connectivity index (χ0) is 12.1. The van der Waals surface area contributed by atoms with Gasteiger partial charge in [-0.1, -0.05) is 37.9 Å². The van der Waals surface area contributed by atoms with Gasteiger partial charge in [0, 0.05) is 30.7 Å². The molecule has 2 rings (SSSR count). The third-order valence-electron chi connectivity index (χ3n) is 3.45. The van der Waals surface area contributed by atoms with Gasteiger partial charge in [0.15, 0.2) is 5.16 Å². The molecule has 0 bridgehead atoms. The monoisotopic (exact) mass is 253 g/mol. The largest absolute Gasteiger partial charge is 0.329 e. The van der Waals surface area contributed by atoms with Crippen LogP contribution in [0.5, 0.6) is 0 Å². The third kappa shape index (κ3) is 3.49. The van der Waals surface area contributed by atoms with Gasteiger partial charge in [-0.15, -0.1) is 0 Å². The van der Waals surface area contributed by atoms with E-state index in [9.17, 15) is 0 Å². The van der Waals surface area contributed by atoms with E-state index in [0.29, 0.717) is 11.3 Å². The quantitative estimate of drug-likeness (QED) is 0.837. The molecule has 0 radical (unpaired) electrons. The van der Waals surface area contributed by atoms with Crippen LogP contribution in [-0.2, 0) is 7.05 Å². The van der Waals surface area contributed by atoms with E-state index in [4.69, 9.17) is 0 Å². The number of hydrogen-bond acceptors (Lipinski definition) is 3. The van der Waals surface area contributed by atoms with Gasteiger partial charge in [-0.3, -0.25) is 0 Å². The highest BCUT2D eigenvalue weighted by Gasteiger charge is 2.24. The minimum absolute atomic E-state index is 0.657. The molecule has 1 aliphatic carbocycles. The second-order valence-electron chi connectivity index (χ2n) is 4.78. The fourth-order valence-electron chi connectivity index (χ4n) is 2.51. The molecule has 2 atom stereocenters. The summed E-state index contributed by atoms with van der Waals surface area (Å²) in [5.41, 5.74) is 0. The van der Waals surface area contributed by atoms with Crippen molar-refractivity contribution >= 4 is 11.8 Å². The van der Waals surface area contributed by atoms with Gasteiger partial charge in [0.1, 0.15) is 0 Å². The number of rotatable bonds is 4. The molecule has 0 aliphatic heterocycles. The summed E-state index contributed by atoms with van der Waals surface area (Å²) in [6, 6.07) is 0.657. The zero-order valence-corrected chi connectivity index (χ0v) is 11.7. The molecule has 0 amide bonds. The topological polar surface area (TPSA) is 29.9 Å². The van der Waals surface area contributed by atoms with Gasteiger partial charge >= 0.3 is 0 Å². The van der Waals surface area contributed by atoms with Gasteiger partial charge in [0.2, 0.25) is 0 Å². The first kappa shape index (κ1) is 13.0. The smallest absolute Gasteiger partial charge is 0.167 e. The highest BCUT2D eigenvalue weighted by atomic mass is 32.2. The molecule has 0 spiro atoms.